The number of rotatable bonds is 4. The van der Waals surface area contributed by atoms with Gasteiger partial charge in [-0.3, -0.25) is 0 Å². The summed E-state index contributed by atoms with van der Waals surface area (Å²) in [5.74, 6) is 0. The van der Waals surface area contributed by atoms with Gasteiger partial charge in [-0.15, -0.1) is 0 Å². The fraction of sp³-hybridized carbons (Fsp3) is 0.375. The number of hydrogen-bond donors (Lipinski definition) is 1. The number of aromatic nitrogens is 1. The van der Waals surface area contributed by atoms with Gasteiger partial charge >= 0.3 is 0 Å². The Morgan fingerprint density at radius 1 is 1.22 bits per heavy atom. The Morgan fingerprint density at radius 2 is 2.00 bits per heavy atom. The molecular formula is C16H22N2. The molecule has 2 nitrogen and oxygen atoms in total. The van der Waals surface area contributed by atoms with Crippen molar-refractivity contribution < 1.29 is 0 Å². The third kappa shape index (κ3) is 3.23. The van der Waals surface area contributed by atoms with Gasteiger partial charge in [0.1, 0.15) is 0 Å². The number of hydrogen-bond acceptors (Lipinski definition) is 1. The fourth-order valence-corrected chi connectivity index (χ4v) is 2.25. The highest BCUT2D eigenvalue weighted by Gasteiger charge is 2.03. The molecule has 1 atom stereocenters. The summed E-state index contributed by atoms with van der Waals surface area (Å²) < 4.78 is 2.24. The summed E-state index contributed by atoms with van der Waals surface area (Å²) in [6, 6.07) is 9.00. The van der Waals surface area contributed by atoms with Gasteiger partial charge in [0.25, 0.3) is 0 Å². The lowest BCUT2D eigenvalue weighted by Crippen LogP contribution is -2.17. The second-order valence-electron chi connectivity index (χ2n) is 5.30. The van der Waals surface area contributed by atoms with E-state index in [0.717, 1.165) is 13.0 Å². The van der Waals surface area contributed by atoms with E-state index in [9.17, 15) is 0 Å². The molecule has 1 aromatic heterocycles. The molecule has 0 radical (unpaired) electrons. The van der Waals surface area contributed by atoms with Crippen molar-refractivity contribution in [3.05, 3.63) is 58.9 Å². The number of nitrogens with zero attached hydrogens (tertiary/aromatic N) is 1. The predicted octanol–water partition coefficient (Wildman–Crippen LogP) is 3.04. The Morgan fingerprint density at radius 3 is 2.72 bits per heavy atom. The van der Waals surface area contributed by atoms with Crippen LogP contribution in [0, 0.1) is 13.8 Å². The molecular weight excluding hydrogens is 220 g/mol. The van der Waals surface area contributed by atoms with Crippen molar-refractivity contribution in [3.63, 3.8) is 0 Å². The Kier molecular flexibility index (Phi) is 3.87. The quantitative estimate of drug-likeness (QED) is 0.877. The zero-order valence-electron chi connectivity index (χ0n) is 11.5. The van der Waals surface area contributed by atoms with Gasteiger partial charge in [-0.2, -0.15) is 0 Å². The summed E-state index contributed by atoms with van der Waals surface area (Å²) in [5.41, 5.74) is 11.2. The van der Waals surface area contributed by atoms with Crippen LogP contribution in [-0.4, -0.2) is 10.6 Å². The first kappa shape index (κ1) is 12.9. The molecule has 0 aliphatic heterocycles. The molecule has 0 saturated heterocycles. The van der Waals surface area contributed by atoms with Gasteiger partial charge in [-0.1, -0.05) is 23.8 Å². The average molecular weight is 242 g/mol. The monoisotopic (exact) mass is 242 g/mol. The molecule has 1 heterocycles. The molecule has 0 saturated carbocycles. The maximum Gasteiger partial charge on any atom is 0.0473 e. The first-order valence-corrected chi connectivity index (χ1v) is 6.51. The average Bonchev–Trinajstić information content (AvgIpc) is 2.70. The van der Waals surface area contributed by atoms with Gasteiger partial charge in [0, 0.05) is 25.0 Å². The van der Waals surface area contributed by atoms with Crippen LogP contribution in [0.15, 0.2) is 36.7 Å². The molecule has 0 aliphatic carbocycles. The van der Waals surface area contributed by atoms with E-state index in [2.05, 4.69) is 55.1 Å². The van der Waals surface area contributed by atoms with Crippen LogP contribution in [0.1, 0.15) is 29.2 Å². The summed E-state index contributed by atoms with van der Waals surface area (Å²) in [6.45, 7) is 7.29. The summed E-state index contributed by atoms with van der Waals surface area (Å²) in [5, 5.41) is 0. The van der Waals surface area contributed by atoms with Gasteiger partial charge in [0.05, 0.1) is 0 Å². The van der Waals surface area contributed by atoms with E-state index in [1.54, 1.807) is 0 Å². The van der Waals surface area contributed by atoms with Crippen molar-refractivity contribution in [2.75, 3.05) is 0 Å². The topological polar surface area (TPSA) is 30.9 Å². The Balaban J connectivity index is 2.13. The third-order valence-corrected chi connectivity index (χ3v) is 3.23. The van der Waals surface area contributed by atoms with E-state index in [1.165, 1.54) is 22.3 Å². The minimum atomic E-state index is 0.224. The van der Waals surface area contributed by atoms with Crippen molar-refractivity contribution in [3.8, 4) is 0 Å². The van der Waals surface area contributed by atoms with Crippen LogP contribution in [-0.2, 0) is 13.0 Å². The summed E-state index contributed by atoms with van der Waals surface area (Å²) in [6.07, 6.45) is 5.28. The van der Waals surface area contributed by atoms with Gasteiger partial charge in [0.15, 0.2) is 0 Å². The second-order valence-corrected chi connectivity index (χ2v) is 5.30. The van der Waals surface area contributed by atoms with Crippen LogP contribution in [0.2, 0.25) is 0 Å². The van der Waals surface area contributed by atoms with Gasteiger partial charge in [-0.25, -0.2) is 0 Å². The van der Waals surface area contributed by atoms with E-state index in [-0.39, 0.29) is 6.04 Å². The molecule has 1 aromatic carbocycles. The zero-order valence-corrected chi connectivity index (χ0v) is 11.5. The van der Waals surface area contributed by atoms with Gasteiger partial charge in [0.2, 0.25) is 0 Å². The fourth-order valence-electron chi connectivity index (χ4n) is 2.25. The van der Waals surface area contributed by atoms with Crippen LogP contribution in [0.4, 0.5) is 0 Å². The first-order valence-electron chi connectivity index (χ1n) is 6.51. The highest BCUT2D eigenvalue weighted by molar-refractivity contribution is 5.31. The number of aryl methyl sites for hydroxylation is 2. The zero-order chi connectivity index (χ0) is 13.1. The minimum Gasteiger partial charge on any atom is -0.350 e. The highest BCUT2D eigenvalue weighted by Crippen LogP contribution is 2.13. The Labute approximate surface area is 109 Å². The standard InChI is InChI=1S/C16H22N2/c1-12-4-5-13(2)16(8-12)11-18-7-6-15(10-18)9-14(3)17/h4-8,10,14H,9,11,17H2,1-3H3. The van der Waals surface area contributed by atoms with E-state index in [1.807, 2.05) is 6.92 Å². The summed E-state index contributed by atoms with van der Waals surface area (Å²) >= 11 is 0. The lowest BCUT2D eigenvalue weighted by atomic mass is 10.1. The van der Waals surface area contributed by atoms with Crippen LogP contribution in [0.25, 0.3) is 0 Å². The Bertz CT molecular complexity index is 524. The Hall–Kier alpha value is -1.54. The van der Waals surface area contributed by atoms with E-state index in [4.69, 9.17) is 5.73 Å². The van der Waals surface area contributed by atoms with Crippen LogP contribution in [0.3, 0.4) is 0 Å². The maximum absolute atomic E-state index is 5.82. The number of benzene rings is 1. The molecule has 0 aliphatic rings. The molecule has 0 bridgehead atoms. The lowest BCUT2D eigenvalue weighted by Gasteiger charge is -2.08. The van der Waals surface area contributed by atoms with Crippen LogP contribution in [0.5, 0.6) is 0 Å². The maximum atomic E-state index is 5.82. The molecule has 1 unspecified atom stereocenters. The summed E-state index contributed by atoms with van der Waals surface area (Å²) in [7, 11) is 0. The summed E-state index contributed by atoms with van der Waals surface area (Å²) in [4.78, 5) is 0. The van der Waals surface area contributed by atoms with Crippen molar-refractivity contribution in [1.29, 1.82) is 0 Å². The molecule has 18 heavy (non-hydrogen) atoms. The van der Waals surface area contributed by atoms with E-state index >= 15 is 0 Å². The molecule has 96 valence electrons. The van der Waals surface area contributed by atoms with Crippen molar-refractivity contribution >= 4 is 0 Å². The van der Waals surface area contributed by atoms with Crippen LogP contribution >= 0.6 is 0 Å². The largest absolute Gasteiger partial charge is 0.350 e. The smallest absolute Gasteiger partial charge is 0.0473 e. The molecule has 0 spiro atoms. The van der Waals surface area contributed by atoms with Crippen molar-refractivity contribution in [1.82, 2.24) is 4.57 Å². The highest BCUT2D eigenvalue weighted by atomic mass is 14.9. The number of nitrogens with two attached hydrogens (primary N) is 1. The molecule has 0 amide bonds. The molecule has 0 fully saturated rings. The van der Waals surface area contributed by atoms with Gasteiger partial charge < -0.3 is 10.3 Å². The van der Waals surface area contributed by atoms with E-state index < -0.39 is 0 Å². The molecule has 2 aromatic rings. The van der Waals surface area contributed by atoms with Crippen molar-refractivity contribution in [2.24, 2.45) is 5.73 Å². The van der Waals surface area contributed by atoms with Crippen molar-refractivity contribution in [2.45, 2.75) is 39.8 Å². The molecule has 2 rings (SSSR count). The molecule has 2 N–H and O–H groups in total. The second kappa shape index (κ2) is 5.40. The van der Waals surface area contributed by atoms with E-state index in [0.29, 0.717) is 0 Å². The lowest BCUT2D eigenvalue weighted by molar-refractivity contribution is 0.731. The molecule has 2 heteroatoms. The first-order chi connectivity index (χ1) is 8.54. The third-order valence-electron chi connectivity index (χ3n) is 3.23. The normalized spacial score (nSPS) is 12.7. The predicted molar refractivity (Wildman–Crippen MR) is 76.8 cm³/mol. The van der Waals surface area contributed by atoms with Gasteiger partial charge in [-0.05, 0) is 49.9 Å². The SMILES string of the molecule is Cc1ccc(C)c(Cn2ccc(CC(C)N)c2)c1. The minimum absolute atomic E-state index is 0.224. The van der Waals surface area contributed by atoms with Crippen LogP contribution < -0.4 is 5.73 Å².